The zero-order valence-corrected chi connectivity index (χ0v) is 22.4. The minimum absolute atomic E-state index is 0.0518. The van der Waals surface area contributed by atoms with Crippen molar-refractivity contribution in [3.8, 4) is 0 Å². The molecule has 8 heteroatoms. The molecular weight excluding hydrogens is 488 g/mol. The van der Waals surface area contributed by atoms with E-state index in [4.69, 9.17) is 9.47 Å². The molecule has 0 bridgehead atoms. The van der Waals surface area contributed by atoms with Crippen LogP contribution in [0, 0.1) is 6.92 Å². The van der Waals surface area contributed by atoms with Crippen LogP contribution in [0.25, 0.3) is 5.57 Å². The van der Waals surface area contributed by atoms with Crippen molar-refractivity contribution in [2.45, 2.75) is 89.0 Å². The molecule has 1 aliphatic heterocycles. The molecule has 2 aliphatic rings. The molecule has 1 fully saturated rings. The maximum Gasteiger partial charge on any atom is 0.340 e. The Morgan fingerprint density at radius 3 is 1.97 bits per heavy atom. The van der Waals surface area contributed by atoms with Crippen LogP contribution in [0.4, 0.5) is 0 Å². The molecule has 2 aromatic rings. The van der Waals surface area contributed by atoms with E-state index in [1.807, 2.05) is 0 Å². The number of aryl methyl sites for hydroxylation is 1. The standard InChI is InChI=1S/C30H36O8/c1-15-13-20-21(30(5,6)12-11-29(20,3)4)14-19(15)16(2)17-7-9-18(10-8-17)27(36)38-28-24(33)22(31)23(32)25(37-28)26(34)35/h7-10,13-14,22-25,28,31-33H,2,11-12H2,1,3-6H3,(H,34,35)/t22-,23-,24+,25-,28-/m0/s1. The summed E-state index contributed by atoms with van der Waals surface area (Å²) in [6.07, 6.45) is -6.93. The molecule has 0 amide bonds. The Balaban J connectivity index is 1.54. The second-order valence-corrected chi connectivity index (χ2v) is 11.7. The third kappa shape index (κ3) is 5.01. The number of rotatable bonds is 5. The fourth-order valence-electron chi connectivity index (χ4n) is 5.33. The number of carbonyl (C=O) groups excluding carboxylic acids is 1. The number of fused-ring (bicyclic) bond motifs is 1. The Morgan fingerprint density at radius 2 is 1.42 bits per heavy atom. The van der Waals surface area contributed by atoms with Crippen molar-refractivity contribution in [2.75, 3.05) is 0 Å². The quantitative estimate of drug-likeness (QED) is 0.437. The second-order valence-electron chi connectivity index (χ2n) is 11.7. The van der Waals surface area contributed by atoms with Gasteiger partial charge in [0.25, 0.3) is 0 Å². The summed E-state index contributed by atoms with van der Waals surface area (Å²) in [7, 11) is 0. The summed E-state index contributed by atoms with van der Waals surface area (Å²) in [5.41, 5.74) is 6.78. The first kappa shape index (κ1) is 28.0. The third-order valence-corrected chi connectivity index (χ3v) is 8.03. The lowest BCUT2D eigenvalue weighted by Crippen LogP contribution is -2.60. The fraction of sp³-hybridized carbons (Fsp3) is 0.467. The zero-order chi connectivity index (χ0) is 28.2. The molecule has 5 atom stereocenters. The molecular formula is C30H36O8. The number of carboxylic acid groups (broad SMARTS) is 1. The van der Waals surface area contributed by atoms with Crippen LogP contribution in [0.2, 0.25) is 0 Å². The van der Waals surface area contributed by atoms with Crippen LogP contribution in [0.5, 0.6) is 0 Å². The van der Waals surface area contributed by atoms with Crippen molar-refractivity contribution < 1.29 is 39.5 Å². The topological polar surface area (TPSA) is 134 Å². The molecule has 0 saturated carbocycles. The highest BCUT2D eigenvalue weighted by atomic mass is 16.7. The van der Waals surface area contributed by atoms with Crippen LogP contribution in [0.1, 0.15) is 78.7 Å². The van der Waals surface area contributed by atoms with E-state index in [0.717, 1.165) is 35.1 Å². The summed E-state index contributed by atoms with van der Waals surface area (Å²) in [6, 6.07) is 11.1. The van der Waals surface area contributed by atoms with Gasteiger partial charge in [-0.25, -0.2) is 9.59 Å². The Kier molecular flexibility index (Phi) is 7.31. The van der Waals surface area contributed by atoms with E-state index in [-0.39, 0.29) is 16.4 Å². The van der Waals surface area contributed by atoms with Crippen LogP contribution in [-0.4, -0.2) is 63.1 Å². The summed E-state index contributed by atoms with van der Waals surface area (Å²) >= 11 is 0. The van der Waals surface area contributed by atoms with E-state index < -0.39 is 42.6 Å². The maximum absolute atomic E-state index is 12.7. The lowest BCUT2D eigenvalue weighted by atomic mass is 9.62. The molecule has 0 radical (unpaired) electrons. The van der Waals surface area contributed by atoms with Gasteiger partial charge in [0, 0.05) is 0 Å². The normalized spacial score (nSPS) is 27.7. The minimum atomic E-state index is -1.87. The molecule has 0 spiro atoms. The molecule has 4 N–H and O–H groups in total. The largest absolute Gasteiger partial charge is 0.479 e. The lowest BCUT2D eigenvalue weighted by molar-refractivity contribution is -0.278. The summed E-state index contributed by atoms with van der Waals surface area (Å²) in [6.45, 7) is 15.5. The Morgan fingerprint density at radius 1 is 0.895 bits per heavy atom. The molecule has 1 saturated heterocycles. The number of carbonyl (C=O) groups is 2. The predicted molar refractivity (Wildman–Crippen MR) is 141 cm³/mol. The molecule has 0 unspecified atom stereocenters. The molecule has 2 aromatic carbocycles. The van der Waals surface area contributed by atoms with Gasteiger partial charge in [-0.1, -0.05) is 58.5 Å². The highest BCUT2D eigenvalue weighted by Crippen LogP contribution is 2.47. The van der Waals surface area contributed by atoms with Gasteiger partial charge in [-0.05, 0) is 76.1 Å². The van der Waals surface area contributed by atoms with Crippen molar-refractivity contribution >= 4 is 17.5 Å². The Hall–Kier alpha value is -3.04. The van der Waals surface area contributed by atoms with E-state index in [1.54, 1.807) is 24.3 Å². The summed E-state index contributed by atoms with van der Waals surface area (Å²) in [4.78, 5) is 24.0. The highest BCUT2D eigenvalue weighted by molar-refractivity contribution is 5.90. The average Bonchev–Trinajstić information content (AvgIpc) is 2.86. The predicted octanol–water partition coefficient (Wildman–Crippen LogP) is 3.45. The minimum Gasteiger partial charge on any atom is -0.479 e. The zero-order valence-electron chi connectivity index (χ0n) is 22.4. The molecule has 204 valence electrons. The third-order valence-electron chi connectivity index (χ3n) is 8.03. The number of hydrogen-bond donors (Lipinski definition) is 4. The SMILES string of the molecule is C=C(c1ccc(C(=O)O[C@@H]2O[C@H](C(=O)O)[C@@H](O)[C@H](O)[C@H]2O)cc1)c1cc2c(cc1C)C(C)(C)CCC2(C)C. The van der Waals surface area contributed by atoms with Crippen molar-refractivity contribution in [3.63, 3.8) is 0 Å². The highest BCUT2D eigenvalue weighted by Gasteiger charge is 2.48. The smallest absolute Gasteiger partial charge is 0.340 e. The number of esters is 1. The van der Waals surface area contributed by atoms with Crippen LogP contribution < -0.4 is 0 Å². The molecule has 38 heavy (non-hydrogen) atoms. The lowest BCUT2D eigenvalue weighted by Gasteiger charge is -2.42. The summed E-state index contributed by atoms with van der Waals surface area (Å²) < 4.78 is 10.2. The van der Waals surface area contributed by atoms with Crippen molar-refractivity contribution in [1.29, 1.82) is 0 Å². The maximum atomic E-state index is 12.7. The van der Waals surface area contributed by atoms with Crippen molar-refractivity contribution in [1.82, 2.24) is 0 Å². The van der Waals surface area contributed by atoms with Gasteiger partial charge >= 0.3 is 11.9 Å². The number of aliphatic hydroxyl groups excluding tert-OH is 3. The molecule has 0 aromatic heterocycles. The summed E-state index contributed by atoms with van der Waals surface area (Å²) in [5, 5.41) is 39.0. The van der Waals surface area contributed by atoms with Gasteiger partial charge in [0.15, 0.2) is 6.10 Å². The fourth-order valence-corrected chi connectivity index (χ4v) is 5.33. The number of carboxylic acids is 1. The van der Waals surface area contributed by atoms with Gasteiger partial charge in [0.05, 0.1) is 5.56 Å². The first-order valence-corrected chi connectivity index (χ1v) is 12.7. The van der Waals surface area contributed by atoms with Gasteiger partial charge in [0.2, 0.25) is 6.29 Å². The Bertz CT molecular complexity index is 1260. The average molecular weight is 525 g/mol. The van der Waals surface area contributed by atoms with Gasteiger partial charge in [-0.3, -0.25) is 0 Å². The number of benzene rings is 2. The van der Waals surface area contributed by atoms with Crippen LogP contribution >= 0.6 is 0 Å². The number of aliphatic hydroxyl groups is 3. The van der Waals surface area contributed by atoms with E-state index in [9.17, 15) is 30.0 Å². The number of hydrogen-bond acceptors (Lipinski definition) is 7. The molecule has 1 heterocycles. The van der Waals surface area contributed by atoms with Crippen molar-refractivity contribution in [2.24, 2.45) is 0 Å². The van der Waals surface area contributed by atoms with Gasteiger partial charge in [-0.15, -0.1) is 0 Å². The first-order chi connectivity index (χ1) is 17.6. The second kappa shape index (κ2) is 9.93. The first-order valence-electron chi connectivity index (χ1n) is 12.7. The van der Waals surface area contributed by atoms with E-state index in [0.29, 0.717) is 0 Å². The van der Waals surface area contributed by atoms with Crippen LogP contribution in [0.3, 0.4) is 0 Å². The van der Waals surface area contributed by atoms with Crippen molar-refractivity contribution in [3.05, 3.63) is 76.4 Å². The summed E-state index contributed by atoms with van der Waals surface area (Å²) in [5.74, 6) is -2.44. The molecule has 8 nitrogen and oxygen atoms in total. The van der Waals surface area contributed by atoms with Crippen LogP contribution in [0.15, 0.2) is 43.0 Å². The number of aliphatic carboxylic acids is 1. The van der Waals surface area contributed by atoms with Crippen LogP contribution in [-0.2, 0) is 25.1 Å². The van der Waals surface area contributed by atoms with E-state index >= 15 is 0 Å². The molecule has 4 rings (SSSR count). The monoisotopic (exact) mass is 524 g/mol. The van der Waals surface area contributed by atoms with Gasteiger partial charge in [-0.2, -0.15) is 0 Å². The van der Waals surface area contributed by atoms with Gasteiger partial charge in [0.1, 0.15) is 18.3 Å². The van der Waals surface area contributed by atoms with Gasteiger partial charge < -0.3 is 29.9 Å². The Labute approximate surface area is 222 Å². The van der Waals surface area contributed by atoms with E-state index in [1.165, 1.54) is 11.1 Å². The number of ether oxygens (including phenoxy) is 2. The van der Waals surface area contributed by atoms with E-state index in [2.05, 4.69) is 53.3 Å². The molecule has 1 aliphatic carbocycles.